The molecule has 1 atom stereocenters. The van der Waals surface area contributed by atoms with E-state index >= 15 is 0 Å². The van der Waals surface area contributed by atoms with Gasteiger partial charge in [-0.05, 0) is 13.8 Å². The minimum Gasteiger partial charge on any atom is -0.377 e. The minimum absolute atomic E-state index is 0.232. The summed E-state index contributed by atoms with van der Waals surface area (Å²) in [6, 6.07) is 1.56. The lowest BCUT2D eigenvalue weighted by Gasteiger charge is -2.16. The van der Waals surface area contributed by atoms with Crippen molar-refractivity contribution in [2.24, 2.45) is 0 Å². The number of nitrogens with zero attached hydrogens (tertiary/aromatic N) is 1. The molecule has 0 fully saturated rings. The lowest BCUT2D eigenvalue weighted by atomic mass is 10.5. The highest BCUT2D eigenvalue weighted by Gasteiger charge is 2.27. The van der Waals surface area contributed by atoms with E-state index in [1.807, 2.05) is 0 Å². The SMILES string of the molecule is CCOP(=O)(CC(O)C#N)OCC. The van der Waals surface area contributed by atoms with Crippen LogP contribution < -0.4 is 0 Å². The Morgan fingerprint density at radius 1 is 1.46 bits per heavy atom. The molecule has 0 heterocycles. The van der Waals surface area contributed by atoms with E-state index in [0.29, 0.717) is 0 Å². The smallest absolute Gasteiger partial charge is 0.334 e. The Balaban J connectivity index is 4.25. The van der Waals surface area contributed by atoms with Crippen LogP contribution in [0, 0.1) is 11.3 Å². The summed E-state index contributed by atoms with van der Waals surface area (Å²) in [5, 5.41) is 17.3. The van der Waals surface area contributed by atoms with Gasteiger partial charge in [0.25, 0.3) is 0 Å². The average molecular weight is 207 g/mol. The third-order valence-electron chi connectivity index (χ3n) is 1.20. The van der Waals surface area contributed by atoms with Crippen molar-refractivity contribution in [3.63, 3.8) is 0 Å². The zero-order chi connectivity index (χ0) is 10.3. The van der Waals surface area contributed by atoms with E-state index in [2.05, 4.69) is 0 Å². The number of hydrogen-bond donors (Lipinski definition) is 1. The molecular weight excluding hydrogens is 193 g/mol. The first kappa shape index (κ1) is 12.6. The third kappa shape index (κ3) is 5.02. The summed E-state index contributed by atoms with van der Waals surface area (Å²) in [6.07, 6.45) is -1.57. The quantitative estimate of drug-likeness (QED) is 0.521. The van der Waals surface area contributed by atoms with Gasteiger partial charge in [0.15, 0.2) is 6.10 Å². The van der Waals surface area contributed by atoms with Crippen LogP contribution in [0.3, 0.4) is 0 Å². The van der Waals surface area contributed by atoms with Gasteiger partial charge in [-0.3, -0.25) is 4.57 Å². The highest BCUT2D eigenvalue weighted by Crippen LogP contribution is 2.48. The summed E-state index contributed by atoms with van der Waals surface area (Å²) in [5.41, 5.74) is 0. The number of nitriles is 1. The lowest BCUT2D eigenvalue weighted by Crippen LogP contribution is -2.13. The monoisotopic (exact) mass is 207 g/mol. The molecule has 0 aromatic rings. The predicted octanol–water partition coefficient (Wildman–Crippen LogP) is 1.14. The lowest BCUT2D eigenvalue weighted by molar-refractivity contribution is 0.196. The molecule has 1 unspecified atom stereocenters. The van der Waals surface area contributed by atoms with Crippen molar-refractivity contribution in [2.45, 2.75) is 20.0 Å². The van der Waals surface area contributed by atoms with Crippen molar-refractivity contribution < 1.29 is 18.7 Å². The average Bonchev–Trinajstić information content (AvgIpc) is 2.04. The molecule has 0 spiro atoms. The van der Waals surface area contributed by atoms with Crippen molar-refractivity contribution in [2.75, 3.05) is 19.4 Å². The Kier molecular flexibility index (Phi) is 5.93. The highest BCUT2D eigenvalue weighted by atomic mass is 31.2. The fourth-order valence-electron chi connectivity index (χ4n) is 0.789. The molecule has 0 aromatic carbocycles. The first-order valence-electron chi connectivity index (χ1n) is 4.03. The van der Waals surface area contributed by atoms with Crippen molar-refractivity contribution in [1.29, 1.82) is 5.26 Å². The first-order valence-corrected chi connectivity index (χ1v) is 5.76. The van der Waals surface area contributed by atoms with E-state index in [1.54, 1.807) is 19.9 Å². The van der Waals surface area contributed by atoms with Crippen LogP contribution in [0.5, 0.6) is 0 Å². The normalized spacial score (nSPS) is 13.7. The first-order chi connectivity index (χ1) is 6.08. The number of aliphatic hydroxyl groups is 1. The van der Waals surface area contributed by atoms with Crippen molar-refractivity contribution in [1.82, 2.24) is 0 Å². The highest BCUT2D eigenvalue weighted by molar-refractivity contribution is 7.53. The minimum atomic E-state index is -3.26. The molecule has 76 valence electrons. The zero-order valence-electron chi connectivity index (χ0n) is 7.77. The van der Waals surface area contributed by atoms with Crippen LogP contribution in [0.15, 0.2) is 0 Å². The van der Waals surface area contributed by atoms with Gasteiger partial charge in [-0.2, -0.15) is 5.26 Å². The Morgan fingerprint density at radius 3 is 2.23 bits per heavy atom. The summed E-state index contributed by atoms with van der Waals surface area (Å²) in [5.74, 6) is 0. The van der Waals surface area contributed by atoms with Crippen LogP contribution in [-0.2, 0) is 13.6 Å². The summed E-state index contributed by atoms with van der Waals surface area (Å²) >= 11 is 0. The maximum Gasteiger partial charge on any atom is 0.334 e. The standard InChI is InChI=1S/C7H14NO4P/c1-3-11-13(10,12-4-2)6-7(9)5-8/h7,9H,3-4,6H2,1-2H3. The van der Waals surface area contributed by atoms with Crippen molar-refractivity contribution in [3.05, 3.63) is 0 Å². The molecule has 13 heavy (non-hydrogen) atoms. The molecule has 0 aromatic heterocycles. The van der Waals surface area contributed by atoms with Crippen molar-refractivity contribution in [3.8, 4) is 6.07 Å². The molecule has 0 bridgehead atoms. The molecule has 0 aliphatic rings. The largest absolute Gasteiger partial charge is 0.377 e. The van der Waals surface area contributed by atoms with Crippen LogP contribution in [-0.4, -0.2) is 30.6 Å². The van der Waals surface area contributed by atoms with Crippen LogP contribution in [0.1, 0.15) is 13.8 Å². The van der Waals surface area contributed by atoms with E-state index in [4.69, 9.17) is 19.4 Å². The molecular formula is C7H14NO4P. The van der Waals surface area contributed by atoms with Crippen molar-refractivity contribution >= 4 is 7.60 Å². The molecule has 0 aliphatic carbocycles. The number of hydrogen-bond acceptors (Lipinski definition) is 5. The summed E-state index contributed by atoms with van der Waals surface area (Å²) in [4.78, 5) is 0. The third-order valence-corrected chi connectivity index (χ3v) is 3.29. The summed E-state index contributed by atoms with van der Waals surface area (Å²) in [6.45, 7) is 3.81. The van der Waals surface area contributed by atoms with Crippen LogP contribution >= 0.6 is 7.60 Å². The van der Waals surface area contributed by atoms with E-state index in [-0.39, 0.29) is 19.4 Å². The molecule has 6 heteroatoms. The maximum atomic E-state index is 11.6. The second-order valence-corrected chi connectivity index (χ2v) is 4.38. The second-order valence-electron chi connectivity index (χ2n) is 2.27. The molecule has 0 aliphatic heterocycles. The summed E-state index contributed by atoms with van der Waals surface area (Å²) in [7, 11) is -3.26. The Hall–Kier alpha value is -0.400. The van der Waals surface area contributed by atoms with Crippen LogP contribution in [0.2, 0.25) is 0 Å². The van der Waals surface area contributed by atoms with E-state index < -0.39 is 13.7 Å². The van der Waals surface area contributed by atoms with Gasteiger partial charge in [-0.25, -0.2) is 0 Å². The fourth-order valence-corrected chi connectivity index (χ4v) is 2.37. The van der Waals surface area contributed by atoms with Crippen LogP contribution in [0.25, 0.3) is 0 Å². The van der Waals surface area contributed by atoms with E-state index in [9.17, 15) is 4.57 Å². The van der Waals surface area contributed by atoms with Crippen LogP contribution in [0.4, 0.5) is 0 Å². The number of rotatable bonds is 6. The maximum absolute atomic E-state index is 11.6. The van der Waals surface area contributed by atoms with Gasteiger partial charge in [0.05, 0.1) is 25.4 Å². The predicted molar refractivity (Wildman–Crippen MR) is 47.3 cm³/mol. The Bertz CT molecular complexity index is 215. The summed E-state index contributed by atoms with van der Waals surface area (Å²) < 4.78 is 21.4. The van der Waals surface area contributed by atoms with Gasteiger partial charge in [0.1, 0.15) is 0 Å². The Labute approximate surface area is 77.8 Å². The number of aliphatic hydroxyl groups excluding tert-OH is 1. The second kappa shape index (κ2) is 6.11. The molecule has 5 nitrogen and oxygen atoms in total. The molecule has 1 N–H and O–H groups in total. The van der Waals surface area contributed by atoms with Gasteiger partial charge in [-0.15, -0.1) is 0 Å². The van der Waals surface area contributed by atoms with Gasteiger partial charge in [0.2, 0.25) is 0 Å². The van der Waals surface area contributed by atoms with Gasteiger partial charge in [0, 0.05) is 0 Å². The molecule has 0 radical (unpaired) electrons. The molecule has 0 saturated carbocycles. The molecule has 0 amide bonds. The topological polar surface area (TPSA) is 79.5 Å². The van der Waals surface area contributed by atoms with Gasteiger partial charge >= 0.3 is 7.60 Å². The zero-order valence-corrected chi connectivity index (χ0v) is 8.66. The van der Waals surface area contributed by atoms with Gasteiger partial charge in [-0.1, -0.05) is 0 Å². The molecule has 0 rings (SSSR count). The van der Waals surface area contributed by atoms with E-state index in [1.165, 1.54) is 0 Å². The Morgan fingerprint density at radius 2 is 1.92 bits per heavy atom. The van der Waals surface area contributed by atoms with E-state index in [0.717, 1.165) is 0 Å². The fraction of sp³-hybridized carbons (Fsp3) is 0.857. The molecule has 0 saturated heterocycles. The van der Waals surface area contributed by atoms with Gasteiger partial charge < -0.3 is 14.2 Å².